The van der Waals surface area contributed by atoms with Gasteiger partial charge in [0, 0.05) is 0 Å². The highest BCUT2D eigenvalue weighted by Gasteiger charge is 2.13. The second-order valence-electron chi connectivity index (χ2n) is 22.9. The standard InChI is InChI=1S/C69H132O3S3/c1-4-7-10-13-16-31-40-49-61-73-64-52-43-34-25-19-22-28-37-46-58-70-67-56-55-57-68(71-59-47-38-29-23-20-26-35-44-53-65-74-62-50-41-32-17-14-11-8-5-2)69(67)72-60-48-39-30-24-21-27-36-45-54-66-75-63-51-42-33-18-15-12-9-6-3/h55-57H,4-54,58-66H2,1-3H3. The average Bonchev–Trinajstić information content (AvgIpc) is 3.42. The molecule has 444 valence electrons. The van der Waals surface area contributed by atoms with Crippen molar-refractivity contribution in [2.45, 2.75) is 348 Å². The molecular weight excluding hydrogens is 973 g/mol. The maximum atomic E-state index is 6.55. The molecule has 0 saturated heterocycles. The number of para-hydroxylation sites is 1. The number of hydrogen-bond donors (Lipinski definition) is 0. The minimum absolute atomic E-state index is 0.740. The molecule has 0 saturated carbocycles. The molecule has 0 heterocycles. The van der Waals surface area contributed by atoms with Gasteiger partial charge in [0.15, 0.2) is 11.5 Å². The van der Waals surface area contributed by atoms with Gasteiger partial charge in [-0.2, -0.15) is 35.3 Å². The van der Waals surface area contributed by atoms with Gasteiger partial charge in [0.05, 0.1) is 19.8 Å². The fourth-order valence-corrected chi connectivity index (χ4v) is 13.4. The van der Waals surface area contributed by atoms with Crippen molar-refractivity contribution in [3.8, 4) is 17.2 Å². The highest BCUT2D eigenvalue weighted by atomic mass is 32.2. The van der Waals surface area contributed by atoms with Crippen LogP contribution in [-0.2, 0) is 0 Å². The van der Waals surface area contributed by atoms with E-state index in [0.29, 0.717) is 0 Å². The van der Waals surface area contributed by atoms with Crippen LogP contribution >= 0.6 is 35.3 Å². The van der Waals surface area contributed by atoms with Crippen molar-refractivity contribution in [2.24, 2.45) is 0 Å². The molecule has 0 amide bonds. The molecule has 6 heteroatoms. The molecule has 1 aromatic rings. The summed E-state index contributed by atoms with van der Waals surface area (Å²) < 4.78 is 19.4. The van der Waals surface area contributed by atoms with Crippen molar-refractivity contribution in [2.75, 3.05) is 54.3 Å². The van der Waals surface area contributed by atoms with E-state index >= 15 is 0 Å². The van der Waals surface area contributed by atoms with Crippen LogP contribution in [0.4, 0.5) is 0 Å². The number of ether oxygens (including phenoxy) is 3. The third-order valence-corrected chi connectivity index (χ3v) is 18.9. The summed E-state index contributed by atoms with van der Waals surface area (Å²) in [6, 6.07) is 6.30. The van der Waals surface area contributed by atoms with Gasteiger partial charge >= 0.3 is 0 Å². The summed E-state index contributed by atoms with van der Waals surface area (Å²) in [7, 11) is 0. The fraction of sp³-hybridized carbons (Fsp3) is 0.913. The van der Waals surface area contributed by atoms with Crippen molar-refractivity contribution in [3.63, 3.8) is 0 Å². The quantitative estimate of drug-likeness (QED) is 0.0604. The Labute approximate surface area is 484 Å². The minimum Gasteiger partial charge on any atom is -0.490 e. The summed E-state index contributed by atoms with van der Waals surface area (Å²) in [5, 5.41) is 0. The molecule has 0 aromatic heterocycles. The van der Waals surface area contributed by atoms with Crippen molar-refractivity contribution in [1.82, 2.24) is 0 Å². The molecule has 0 spiro atoms. The summed E-state index contributed by atoms with van der Waals surface area (Å²) >= 11 is 6.61. The van der Waals surface area contributed by atoms with Gasteiger partial charge in [-0.25, -0.2) is 0 Å². The van der Waals surface area contributed by atoms with E-state index in [9.17, 15) is 0 Å². The van der Waals surface area contributed by atoms with Gasteiger partial charge < -0.3 is 14.2 Å². The van der Waals surface area contributed by atoms with E-state index in [4.69, 9.17) is 14.2 Å². The smallest absolute Gasteiger partial charge is 0.203 e. The van der Waals surface area contributed by atoms with Gasteiger partial charge in [-0.3, -0.25) is 0 Å². The Bertz CT molecular complexity index is 1130. The summed E-state index contributed by atoms with van der Waals surface area (Å²) in [5.74, 6) is 10.8. The van der Waals surface area contributed by atoms with Crippen LogP contribution in [0.3, 0.4) is 0 Å². The first-order chi connectivity index (χ1) is 37.3. The molecule has 1 rings (SSSR count). The second-order valence-corrected chi connectivity index (χ2v) is 26.6. The lowest BCUT2D eigenvalue weighted by Gasteiger charge is -2.17. The largest absolute Gasteiger partial charge is 0.490 e. The van der Waals surface area contributed by atoms with Crippen LogP contribution in [0.5, 0.6) is 17.2 Å². The molecule has 0 fully saturated rings. The fourth-order valence-electron chi connectivity index (χ4n) is 10.4. The Morgan fingerprint density at radius 3 is 0.640 bits per heavy atom. The molecule has 0 bridgehead atoms. The zero-order valence-electron chi connectivity index (χ0n) is 51.1. The van der Waals surface area contributed by atoms with E-state index in [1.165, 1.54) is 343 Å². The zero-order chi connectivity index (χ0) is 53.5. The van der Waals surface area contributed by atoms with Crippen molar-refractivity contribution in [1.29, 1.82) is 0 Å². The van der Waals surface area contributed by atoms with Crippen LogP contribution in [0.15, 0.2) is 18.2 Å². The van der Waals surface area contributed by atoms with Gasteiger partial charge in [-0.15, -0.1) is 0 Å². The molecule has 0 unspecified atom stereocenters. The van der Waals surface area contributed by atoms with E-state index in [0.717, 1.165) is 56.3 Å². The van der Waals surface area contributed by atoms with Crippen molar-refractivity contribution >= 4 is 35.3 Å². The second kappa shape index (κ2) is 64.5. The van der Waals surface area contributed by atoms with Gasteiger partial charge in [-0.1, -0.05) is 297 Å². The predicted octanol–water partition coefficient (Wildman–Crippen LogP) is 25.0. The van der Waals surface area contributed by atoms with Gasteiger partial charge in [0.1, 0.15) is 0 Å². The number of hydrogen-bond acceptors (Lipinski definition) is 6. The number of unbranched alkanes of at least 4 members (excludes halogenated alkanes) is 45. The van der Waals surface area contributed by atoms with Gasteiger partial charge in [0.25, 0.3) is 0 Å². The SMILES string of the molecule is CCCCCCCCCCSCCCCCCCCCCCOc1cccc(OCCCCCCCCCCCSCCCCCCCCCC)c1OCCCCCCCCCCCSCCCCCCCCCC. The number of benzene rings is 1. The lowest BCUT2D eigenvalue weighted by Crippen LogP contribution is -2.06. The van der Waals surface area contributed by atoms with E-state index in [1.807, 2.05) is 0 Å². The first-order valence-electron chi connectivity index (χ1n) is 34.1. The third-order valence-electron chi connectivity index (χ3n) is 15.4. The van der Waals surface area contributed by atoms with Crippen LogP contribution in [0.25, 0.3) is 0 Å². The summed E-state index contributed by atoms with van der Waals surface area (Å²) in [5.41, 5.74) is 0. The zero-order valence-corrected chi connectivity index (χ0v) is 53.6. The monoisotopic (exact) mass is 1100 g/mol. The first kappa shape index (κ1) is 72.7. The van der Waals surface area contributed by atoms with E-state index < -0.39 is 0 Å². The number of rotatable bonds is 66. The first-order valence-corrected chi connectivity index (χ1v) is 37.5. The Morgan fingerprint density at radius 2 is 0.413 bits per heavy atom. The minimum atomic E-state index is 0.740. The Balaban J connectivity index is 2.25. The molecule has 3 nitrogen and oxygen atoms in total. The predicted molar refractivity (Wildman–Crippen MR) is 347 cm³/mol. The summed E-state index contributed by atoms with van der Waals surface area (Å²) in [6.07, 6.45) is 70.6. The van der Waals surface area contributed by atoms with E-state index in [2.05, 4.69) is 74.3 Å². The highest BCUT2D eigenvalue weighted by molar-refractivity contribution is 7.99. The van der Waals surface area contributed by atoms with Gasteiger partial charge in [0.2, 0.25) is 5.75 Å². The van der Waals surface area contributed by atoms with E-state index in [1.54, 1.807) is 0 Å². The van der Waals surface area contributed by atoms with Crippen LogP contribution in [0.2, 0.25) is 0 Å². The maximum Gasteiger partial charge on any atom is 0.203 e. The summed E-state index contributed by atoms with van der Waals surface area (Å²) in [4.78, 5) is 0. The molecule has 0 N–H and O–H groups in total. The maximum absolute atomic E-state index is 6.55. The number of thioether (sulfide) groups is 3. The summed E-state index contributed by atoms with van der Waals surface area (Å²) in [6.45, 7) is 9.18. The molecule has 0 aliphatic rings. The Morgan fingerprint density at radius 1 is 0.227 bits per heavy atom. The van der Waals surface area contributed by atoms with Crippen LogP contribution in [0, 0.1) is 0 Å². The molecular formula is C69H132O3S3. The van der Waals surface area contributed by atoms with Crippen molar-refractivity contribution in [3.05, 3.63) is 18.2 Å². The van der Waals surface area contributed by atoms with E-state index in [-0.39, 0.29) is 0 Å². The molecule has 0 atom stereocenters. The van der Waals surface area contributed by atoms with Crippen LogP contribution in [0.1, 0.15) is 348 Å². The van der Waals surface area contributed by atoms with Gasteiger partial charge in [-0.05, 0) is 104 Å². The highest BCUT2D eigenvalue weighted by Crippen LogP contribution is 2.38. The average molecular weight is 1110 g/mol. The Kier molecular flexibility index (Phi) is 62.5. The lowest BCUT2D eigenvalue weighted by atomic mass is 10.1. The van der Waals surface area contributed by atoms with Crippen LogP contribution < -0.4 is 14.2 Å². The Hall–Kier alpha value is -0.330. The molecule has 1 aromatic carbocycles. The molecule has 0 aliphatic heterocycles. The normalized spacial score (nSPS) is 11.6. The molecule has 0 aliphatic carbocycles. The topological polar surface area (TPSA) is 27.7 Å². The van der Waals surface area contributed by atoms with Crippen molar-refractivity contribution < 1.29 is 14.2 Å². The molecule has 75 heavy (non-hydrogen) atoms. The van der Waals surface area contributed by atoms with Crippen LogP contribution in [-0.4, -0.2) is 54.3 Å². The molecule has 0 radical (unpaired) electrons. The third kappa shape index (κ3) is 55.4. The lowest BCUT2D eigenvalue weighted by molar-refractivity contribution is 0.234.